The van der Waals surface area contributed by atoms with E-state index in [2.05, 4.69) is 180 Å². The molecule has 0 aliphatic carbocycles. The van der Waals surface area contributed by atoms with Gasteiger partial charge in [0.1, 0.15) is 11.2 Å². The zero-order valence-corrected chi connectivity index (χ0v) is 27.8. The molecule has 1 N–H and O–H groups in total. The van der Waals surface area contributed by atoms with Crippen molar-refractivity contribution in [2.45, 2.75) is 0 Å². The van der Waals surface area contributed by atoms with E-state index in [1.165, 1.54) is 22.1 Å². The van der Waals surface area contributed by atoms with E-state index < -0.39 is 0 Å². The van der Waals surface area contributed by atoms with Gasteiger partial charge in [-0.05, 0) is 94.5 Å². The number of aromatic nitrogens is 1. The van der Waals surface area contributed by atoms with Gasteiger partial charge >= 0.3 is 0 Å². The first-order valence-corrected chi connectivity index (χ1v) is 17.3. The largest absolute Gasteiger partial charge is 0.456 e. The van der Waals surface area contributed by atoms with Crippen LogP contribution in [0, 0.1) is 0 Å². The maximum Gasteiger partial charge on any atom is 0.136 e. The van der Waals surface area contributed by atoms with Crippen molar-refractivity contribution >= 4 is 55.1 Å². The molecule has 51 heavy (non-hydrogen) atoms. The Morgan fingerprint density at radius 3 is 1.84 bits per heavy atom. The third-order valence-corrected chi connectivity index (χ3v) is 9.97. The van der Waals surface area contributed by atoms with Crippen molar-refractivity contribution in [3.05, 3.63) is 188 Å². The number of hydrogen-bond acceptors (Lipinski definition) is 2. The topological polar surface area (TPSA) is 30.1 Å². The molecule has 0 aliphatic heterocycles. The summed E-state index contributed by atoms with van der Waals surface area (Å²) in [6.07, 6.45) is 0. The molecule has 0 spiro atoms. The van der Waals surface area contributed by atoms with Crippen LogP contribution >= 0.6 is 0 Å². The van der Waals surface area contributed by atoms with Gasteiger partial charge in [-0.15, -0.1) is 0 Å². The van der Waals surface area contributed by atoms with Crippen LogP contribution in [-0.4, -0.2) is 4.57 Å². The van der Waals surface area contributed by atoms with Crippen LogP contribution in [0.5, 0.6) is 0 Å². The van der Waals surface area contributed by atoms with Crippen molar-refractivity contribution in [2.75, 3.05) is 5.32 Å². The Hall–Kier alpha value is -6.84. The summed E-state index contributed by atoms with van der Waals surface area (Å²) in [6.45, 7) is 0. The number of nitrogens with zero attached hydrogens (tertiary/aromatic N) is 1. The van der Waals surface area contributed by atoms with Crippen molar-refractivity contribution in [1.29, 1.82) is 0 Å². The Balaban J connectivity index is 1.19. The summed E-state index contributed by atoms with van der Waals surface area (Å²) in [5.74, 6) is 0. The molecule has 0 bridgehead atoms. The van der Waals surface area contributed by atoms with Crippen LogP contribution < -0.4 is 5.32 Å². The zero-order valence-electron chi connectivity index (χ0n) is 27.8. The van der Waals surface area contributed by atoms with Gasteiger partial charge in [-0.3, -0.25) is 0 Å². The molecule has 2 heterocycles. The first-order chi connectivity index (χ1) is 25.3. The van der Waals surface area contributed by atoms with Crippen molar-refractivity contribution in [2.24, 2.45) is 0 Å². The summed E-state index contributed by atoms with van der Waals surface area (Å²) in [7, 11) is 0. The van der Waals surface area contributed by atoms with Gasteiger partial charge < -0.3 is 14.3 Å². The molecule has 240 valence electrons. The Morgan fingerprint density at radius 2 is 1.02 bits per heavy atom. The number of rotatable bonds is 6. The number of benzene rings is 8. The molecule has 0 unspecified atom stereocenters. The van der Waals surface area contributed by atoms with Gasteiger partial charge in [0, 0.05) is 44.2 Å². The van der Waals surface area contributed by atoms with Crippen LogP contribution in [0.3, 0.4) is 0 Å². The predicted molar refractivity (Wildman–Crippen MR) is 214 cm³/mol. The predicted octanol–water partition coefficient (Wildman–Crippen LogP) is 13.4. The highest BCUT2D eigenvalue weighted by Gasteiger charge is 2.18. The van der Waals surface area contributed by atoms with Crippen molar-refractivity contribution in [1.82, 2.24) is 4.57 Å². The first kappa shape index (κ1) is 29.1. The number of para-hydroxylation sites is 2. The summed E-state index contributed by atoms with van der Waals surface area (Å²) in [4.78, 5) is 0. The highest BCUT2D eigenvalue weighted by atomic mass is 16.3. The van der Waals surface area contributed by atoms with Gasteiger partial charge in [0.15, 0.2) is 0 Å². The monoisotopic (exact) mass is 652 g/mol. The van der Waals surface area contributed by atoms with Crippen molar-refractivity contribution in [3.8, 4) is 39.1 Å². The molecule has 10 rings (SSSR count). The maximum absolute atomic E-state index is 6.43. The van der Waals surface area contributed by atoms with Crippen LogP contribution in [0.1, 0.15) is 0 Å². The standard InChI is InChI=1S/C48H32N2O/c1-4-13-32(14-5-1)34-17-12-20-38(27-34)50-45-26-24-36(29-41(45)42-31-48-43(30-46(42)50)39-21-10-11-22-47(39)51-48)35-23-25-44(49-37-18-8-3-9-19-37)40(28-35)33-15-6-2-7-16-33/h1-31,49H. The van der Waals surface area contributed by atoms with E-state index in [0.717, 1.165) is 72.1 Å². The molecular weight excluding hydrogens is 621 g/mol. The zero-order chi connectivity index (χ0) is 33.7. The van der Waals surface area contributed by atoms with Crippen molar-refractivity contribution in [3.63, 3.8) is 0 Å². The summed E-state index contributed by atoms with van der Waals surface area (Å²) in [5.41, 5.74) is 14.4. The van der Waals surface area contributed by atoms with Crippen molar-refractivity contribution < 1.29 is 4.42 Å². The second-order valence-corrected chi connectivity index (χ2v) is 13.1. The fourth-order valence-electron chi connectivity index (χ4n) is 7.52. The Kier molecular flexibility index (Phi) is 6.81. The number of fused-ring (bicyclic) bond motifs is 6. The lowest BCUT2D eigenvalue weighted by atomic mass is 9.96. The highest BCUT2D eigenvalue weighted by molar-refractivity contribution is 6.17. The van der Waals surface area contributed by atoms with Gasteiger partial charge in [-0.25, -0.2) is 0 Å². The fourth-order valence-corrected chi connectivity index (χ4v) is 7.52. The minimum atomic E-state index is 0.897. The minimum absolute atomic E-state index is 0.897. The SMILES string of the molecule is c1ccc(Nc2ccc(-c3ccc4c(c3)c3cc5oc6ccccc6c5cc3n4-c3cccc(-c4ccccc4)c3)cc2-c2ccccc2)cc1. The molecule has 0 saturated heterocycles. The first-order valence-electron chi connectivity index (χ1n) is 17.3. The molecule has 0 amide bonds. The van der Waals surface area contributed by atoms with E-state index in [0.29, 0.717) is 0 Å². The summed E-state index contributed by atoms with van der Waals surface area (Å²) >= 11 is 0. The fraction of sp³-hybridized carbons (Fsp3) is 0. The minimum Gasteiger partial charge on any atom is -0.456 e. The van der Waals surface area contributed by atoms with Gasteiger partial charge in [0.25, 0.3) is 0 Å². The van der Waals surface area contributed by atoms with Gasteiger partial charge in [-0.2, -0.15) is 0 Å². The Morgan fingerprint density at radius 1 is 0.373 bits per heavy atom. The molecule has 3 heteroatoms. The van der Waals surface area contributed by atoms with Crippen LogP contribution in [-0.2, 0) is 0 Å². The van der Waals surface area contributed by atoms with Crippen LogP contribution in [0.25, 0.3) is 82.8 Å². The molecule has 2 aromatic heterocycles. The quantitative estimate of drug-likeness (QED) is 0.194. The number of anilines is 2. The molecule has 0 atom stereocenters. The van der Waals surface area contributed by atoms with Crippen LogP contribution in [0.4, 0.5) is 11.4 Å². The van der Waals surface area contributed by atoms with E-state index in [4.69, 9.17) is 4.42 Å². The van der Waals surface area contributed by atoms with Gasteiger partial charge in [0.2, 0.25) is 0 Å². The number of hydrogen-bond donors (Lipinski definition) is 1. The highest BCUT2D eigenvalue weighted by Crippen LogP contribution is 2.41. The van der Waals surface area contributed by atoms with Gasteiger partial charge in [-0.1, -0.05) is 121 Å². The molecule has 0 saturated carbocycles. The summed E-state index contributed by atoms with van der Waals surface area (Å²) < 4.78 is 8.83. The third-order valence-electron chi connectivity index (χ3n) is 9.97. The molecule has 0 aliphatic rings. The average molecular weight is 653 g/mol. The normalized spacial score (nSPS) is 11.5. The van der Waals surface area contributed by atoms with Crippen LogP contribution in [0.2, 0.25) is 0 Å². The maximum atomic E-state index is 6.43. The van der Waals surface area contributed by atoms with E-state index in [9.17, 15) is 0 Å². The molecule has 10 aromatic rings. The lowest BCUT2D eigenvalue weighted by Gasteiger charge is -2.15. The Bertz CT molecular complexity index is 2870. The molecular formula is C48H32N2O. The number of furan rings is 1. The second kappa shape index (κ2) is 11.9. The van der Waals surface area contributed by atoms with E-state index >= 15 is 0 Å². The lowest BCUT2D eigenvalue weighted by molar-refractivity contribution is 0.669. The van der Waals surface area contributed by atoms with E-state index in [1.807, 2.05) is 18.2 Å². The van der Waals surface area contributed by atoms with E-state index in [1.54, 1.807) is 0 Å². The van der Waals surface area contributed by atoms with Gasteiger partial charge in [0.05, 0.1) is 11.0 Å². The molecule has 3 nitrogen and oxygen atoms in total. The van der Waals surface area contributed by atoms with E-state index in [-0.39, 0.29) is 0 Å². The summed E-state index contributed by atoms with van der Waals surface area (Å²) in [6, 6.07) is 66.9. The van der Waals surface area contributed by atoms with Crippen LogP contribution in [0.15, 0.2) is 192 Å². The lowest BCUT2D eigenvalue weighted by Crippen LogP contribution is -1.95. The molecule has 0 fully saturated rings. The summed E-state index contributed by atoms with van der Waals surface area (Å²) in [5, 5.41) is 8.25. The second-order valence-electron chi connectivity index (χ2n) is 13.1. The third kappa shape index (κ3) is 5.06. The smallest absolute Gasteiger partial charge is 0.136 e. The molecule has 8 aromatic carbocycles. The average Bonchev–Trinajstić information content (AvgIpc) is 3.72. The molecule has 0 radical (unpaired) electrons. The Labute approximate surface area is 295 Å². The number of nitrogens with one attached hydrogen (secondary N) is 1.